The molecule has 0 bridgehead atoms. The van der Waals surface area contributed by atoms with Gasteiger partial charge in [-0.1, -0.05) is 36.7 Å². The third-order valence-electron chi connectivity index (χ3n) is 6.09. The summed E-state index contributed by atoms with van der Waals surface area (Å²) in [6.45, 7) is 11.0. The van der Waals surface area contributed by atoms with Gasteiger partial charge in [0, 0.05) is 18.7 Å². The normalized spacial score (nSPS) is 16.4. The summed E-state index contributed by atoms with van der Waals surface area (Å²) in [4.78, 5) is 7.40. The summed E-state index contributed by atoms with van der Waals surface area (Å²) in [7, 11) is 0. The Morgan fingerprint density at radius 1 is 1.21 bits per heavy atom. The average Bonchev–Trinajstić information content (AvgIpc) is 3.25. The lowest BCUT2D eigenvalue weighted by Crippen LogP contribution is -2.41. The highest BCUT2D eigenvalue weighted by Gasteiger charge is 2.32. The Morgan fingerprint density at radius 3 is 2.52 bits per heavy atom. The molecule has 0 radical (unpaired) electrons. The molecule has 0 aliphatic carbocycles. The number of aryl methyl sites for hydroxylation is 2. The molecule has 1 atom stereocenters. The van der Waals surface area contributed by atoms with Crippen molar-refractivity contribution in [3.8, 4) is 11.3 Å². The molecule has 2 aromatic heterocycles. The van der Waals surface area contributed by atoms with Gasteiger partial charge in [-0.25, -0.2) is 9.50 Å². The van der Waals surface area contributed by atoms with Crippen LogP contribution in [0.3, 0.4) is 0 Å². The van der Waals surface area contributed by atoms with Crippen LogP contribution in [0.15, 0.2) is 30.5 Å². The second-order valence-electron chi connectivity index (χ2n) is 9.05. The van der Waals surface area contributed by atoms with Gasteiger partial charge in [0.25, 0.3) is 0 Å². The summed E-state index contributed by atoms with van der Waals surface area (Å²) in [6, 6.07) is 8.12. The number of rotatable bonds is 5. The standard InChI is InChI=1S/C23H29ClN4OS.C2H6S/c1-15-6-5-7-18(20(15)24)21-16(2)26-22(19-8-11-25-28(19)21)27-12-9-23(4,10-13-27)14-29-17(3)30;1-3-2/h5-8,11,17,30H,9-10,12-14H2,1-4H3;1-2H3/t17-;/m1./s1. The van der Waals surface area contributed by atoms with Crippen molar-refractivity contribution >= 4 is 47.3 Å². The van der Waals surface area contributed by atoms with Gasteiger partial charge in [-0.3, -0.25) is 0 Å². The second kappa shape index (κ2) is 11.3. The SMILES string of the molecule is CSC.Cc1cccc(-c2c(C)nc(N3CCC(C)(CO[C@@H](C)S)CC3)c3ccnn23)c1Cl. The van der Waals surface area contributed by atoms with Gasteiger partial charge in [-0.05, 0) is 63.2 Å². The van der Waals surface area contributed by atoms with Crippen LogP contribution in [-0.4, -0.2) is 52.2 Å². The van der Waals surface area contributed by atoms with Crippen molar-refractivity contribution in [3.63, 3.8) is 0 Å². The second-order valence-corrected chi connectivity index (χ2v) is 11.0. The largest absolute Gasteiger partial charge is 0.368 e. The number of nitrogens with zero attached hydrogens (tertiary/aromatic N) is 4. The Hall–Kier alpha value is -1.41. The van der Waals surface area contributed by atoms with Gasteiger partial charge in [0.05, 0.1) is 34.7 Å². The van der Waals surface area contributed by atoms with E-state index in [4.69, 9.17) is 21.3 Å². The van der Waals surface area contributed by atoms with Gasteiger partial charge >= 0.3 is 0 Å². The molecule has 1 fully saturated rings. The summed E-state index contributed by atoms with van der Waals surface area (Å²) in [5.41, 5.74) is 5.04. The van der Waals surface area contributed by atoms with Crippen LogP contribution in [0.1, 0.15) is 37.9 Å². The molecule has 0 N–H and O–H groups in total. The van der Waals surface area contributed by atoms with E-state index >= 15 is 0 Å². The van der Waals surface area contributed by atoms with Crippen LogP contribution in [0, 0.1) is 19.3 Å². The Kier molecular flexibility index (Phi) is 9.01. The van der Waals surface area contributed by atoms with Crippen molar-refractivity contribution in [2.75, 3.05) is 37.1 Å². The first kappa shape index (κ1) is 26.2. The zero-order valence-electron chi connectivity index (χ0n) is 20.4. The minimum absolute atomic E-state index is 0.0309. The predicted molar refractivity (Wildman–Crippen MR) is 146 cm³/mol. The zero-order chi connectivity index (χ0) is 24.2. The molecule has 1 aromatic carbocycles. The highest BCUT2D eigenvalue weighted by molar-refractivity contribution is 7.97. The van der Waals surface area contributed by atoms with Crippen molar-refractivity contribution in [2.45, 2.75) is 46.0 Å². The predicted octanol–water partition coefficient (Wildman–Crippen LogP) is 6.54. The Morgan fingerprint density at radius 2 is 1.88 bits per heavy atom. The molecule has 0 saturated carbocycles. The quantitative estimate of drug-likeness (QED) is 0.314. The molecule has 0 unspecified atom stereocenters. The van der Waals surface area contributed by atoms with Crippen LogP contribution in [-0.2, 0) is 4.74 Å². The van der Waals surface area contributed by atoms with Gasteiger partial charge in [0.2, 0.25) is 0 Å². The molecule has 1 saturated heterocycles. The van der Waals surface area contributed by atoms with Crippen LogP contribution in [0.5, 0.6) is 0 Å². The number of fused-ring (bicyclic) bond motifs is 1. The summed E-state index contributed by atoms with van der Waals surface area (Å²) in [5.74, 6) is 0.989. The van der Waals surface area contributed by atoms with E-state index in [0.717, 1.165) is 71.4 Å². The van der Waals surface area contributed by atoms with Gasteiger partial charge in [-0.15, -0.1) is 12.6 Å². The van der Waals surface area contributed by atoms with Crippen molar-refractivity contribution in [1.82, 2.24) is 14.6 Å². The van der Waals surface area contributed by atoms with E-state index in [0.29, 0.717) is 0 Å². The fourth-order valence-electron chi connectivity index (χ4n) is 4.17. The van der Waals surface area contributed by atoms with Gasteiger partial charge in [0.15, 0.2) is 5.82 Å². The fourth-order valence-corrected chi connectivity index (χ4v) is 4.46. The van der Waals surface area contributed by atoms with E-state index < -0.39 is 0 Å². The van der Waals surface area contributed by atoms with Crippen molar-refractivity contribution in [2.24, 2.45) is 5.41 Å². The van der Waals surface area contributed by atoms with Gasteiger partial charge in [0.1, 0.15) is 5.52 Å². The Balaban J connectivity index is 0.000000968. The molecule has 5 nitrogen and oxygen atoms in total. The van der Waals surface area contributed by atoms with E-state index in [9.17, 15) is 0 Å². The number of hydrogen-bond donors (Lipinski definition) is 1. The van der Waals surface area contributed by atoms with Gasteiger partial charge < -0.3 is 9.64 Å². The lowest BCUT2D eigenvalue weighted by molar-refractivity contribution is 0.0326. The zero-order valence-corrected chi connectivity index (χ0v) is 22.9. The Labute approximate surface area is 212 Å². The number of aromatic nitrogens is 3. The highest BCUT2D eigenvalue weighted by atomic mass is 35.5. The molecule has 3 heterocycles. The fraction of sp³-hybridized carbons (Fsp3) is 0.520. The minimum atomic E-state index is -0.0309. The van der Waals surface area contributed by atoms with Crippen LogP contribution in [0.4, 0.5) is 5.82 Å². The molecule has 0 spiro atoms. The van der Waals surface area contributed by atoms with Crippen LogP contribution in [0.2, 0.25) is 5.02 Å². The summed E-state index contributed by atoms with van der Waals surface area (Å²) < 4.78 is 7.78. The molecule has 3 aromatic rings. The van der Waals surface area contributed by atoms with E-state index in [2.05, 4.69) is 29.6 Å². The molecule has 33 heavy (non-hydrogen) atoms. The lowest BCUT2D eigenvalue weighted by atomic mass is 9.81. The molecule has 0 amide bonds. The number of piperidine rings is 1. The molecule has 8 heteroatoms. The van der Waals surface area contributed by atoms with Crippen molar-refractivity contribution in [1.29, 1.82) is 0 Å². The molecule has 180 valence electrons. The Bertz CT molecular complexity index is 1080. The first-order chi connectivity index (χ1) is 15.7. The number of thioether (sulfide) groups is 1. The minimum Gasteiger partial charge on any atom is -0.368 e. The molecule has 1 aliphatic heterocycles. The maximum Gasteiger partial charge on any atom is 0.155 e. The molecule has 4 rings (SSSR count). The number of hydrogen-bond acceptors (Lipinski definition) is 6. The van der Waals surface area contributed by atoms with E-state index in [-0.39, 0.29) is 10.9 Å². The third kappa shape index (κ3) is 5.99. The number of benzene rings is 1. The average molecular weight is 507 g/mol. The van der Waals surface area contributed by atoms with Crippen molar-refractivity contribution < 1.29 is 4.74 Å². The highest BCUT2D eigenvalue weighted by Crippen LogP contribution is 2.37. The van der Waals surface area contributed by atoms with Crippen LogP contribution < -0.4 is 4.90 Å². The summed E-state index contributed by atoms with van der Waals surface area (Å²) in [6.07, 6.45) is 8.03. The smallest absolute Gasteiger partial charge is 0.155 e. The first-order valence-electron chi connectivity index (χ1n) is 11.3. The van der Waals surface area contributed by atoms with E-state index in [1.807, 2.05) is 68.3 Å². The monoisotopic (exact) mass is 506 g/mol. The van der Waals surface area contributed by atoms with Crippen molar-refractivity contribution in [3.05, 3.63) is 46.7 Å². The summed E-state index contributed by atoms with van der Waals surface area (Å²) in [5, 5.41) is 5.37. The van der Waals surface area contributed by atoms with Crippen LogP contribution >= 0.6 is 36.0 Å². The number of thiol groups is 1. The van der Waals surface area contributed by atoms with Crippen LogP contribution in [0.25, 0.3) is 16.8 Å². The first-order valence-corrected chi connectivity index (χ1v) is 13.8. The van der Waals surface area contributed by atoms with E-state index in [1.54, 1.807) is 11.8 Å². The molecular formula is C25H35ClN4OS2. The van der Waals surface area contributed by atoms with Gasteiger partial charge in [-0.2, -0.15) is 16.9 Å². The number of ether oxygens (including phenoxy) is 1. The maximum atomic E-state index is 6.64. The number of anilines is 1. The third-order valence-corrected chi connectivity index (χ3v) is 6.74. The summed E-state index contributed by atoms with van der Waals surface area (Å²) >= 11 is 12.7. The lowest BCUT2D eigenvalue weighted by Gasteiger charge is -2.40. The maximum absolute atomic E-state index is 6.64. The molecule has 1 aliphatic rings. The van der Waals surface area contributed by atoms with E-state index in [1.165, 1.54) is 0 Å². The topological polar surface area (TPSA) is 42.7 Å². The number of halogens is 1. The molecular weight excluding hydrogens is 472 g/mol.